The highest BCUT2D eigenvalue weighted by atomic mass is 32.2. The van der Waals surface area contributed by atoms with Gasteiger partial charge in [-0.1, -0.05) is 36.9 Å². The van der Waals surface area contributed by atoms with Crippen molar-refractivity contribution >= 4 is 28.6 Å². The summed E-state index contributed by atoms with van der Waals surface area (Å²) in [5.41, 5.74) is 0.158. The molecule has 3 heterocycles. The number of nitrogens with zero attached hydrogens (tertiary/aromatic N) is 2. The zero-order valence-electron chi connectivity index (χ0n) is 19.2. The van der Waals surface area contributed by atoms with E-state index in [2.05, 4.69) is 9.98 Å². The van der Waals surface area contributed by atoms with Crippen molar-refractivity contribution in [3.63, 3.8) is 0 Å². The van der Waals surface area contributed by atoms with Crippen LogP contribution in [0, 0.1) is 5.92 Å². The van der Waals surface area contributed by atoms with Gasteiger partial charge in [-0.25, -0.2) is 4.99 Å². The van der Waals surface area contributed by atoms with E-state index in [0.29, 0.717) is 36.7 Å². The monoisotopic (exact) mass is 491 g/mol. The lowest BCUT2D eigenvalue weighted by molar-refractivity contribution is -0.138. The Morgan fingerprint density at radius 3 is 2.59 bits per heavy atom. The van der Waals surface area contributed by atoms with Crippen molar-refractivity contribution in [1.82, 2.24) is 9.88 Å². The van der Waals surface area contributed by atoms with Gasteiger partial charge in [0.2, 0.25) is 0 Å². The Morgan fingerprint density at radius 1 is 1.24 bits per heavy atom. The van der Waals surface area contributed by atoms with Crippen molar-refractivity contribution in [1.29, 1.82) is 0 Å². The first-order chi connectivity index (χ1) is 16.1. The number of aromatic amines is 1. The number of halogens is 3. The highest BCUT2D eigenvalue weighted by Gasteiger charge is 2.43. The molecule has 34 heavy (non-hydrogen) atoms. The van der Waals surface area contributed by atoms with Gasteiger partial charge in [0.05, 0.1) is 10.6 Å². The molecule has 2 amide bonds. The number of aliphatic imine (C=N–C) groups is 1. The maximum Gasteiger partial charge on any atom is 0.416 e. The van der Waals surface area contributed by atoms with Crippen molar-refractivity contribution in [3.05, 3.63) is 59.4 Å². The Hall–Kier alpha value is -2.55. The van der Waals surface area contributed by atoms with Gasteiger partial charge in [-0.3, -0.25) is 9.59 Å². The Kier molecular flexibility index (Phi) is 6.94. The Morgan fingerprint density at radius 2 is 1.94 bits per heavy atom. The van der Waals surface area contributed by atoms with E-state index in [0.717, 1.165) is 18.9 Å². The molecule has 1 N–H and O–H groups in total. The zero-order valence-corrected chi connectivity index (χ0v) is 20.0. The molecule has 0 spiro atoms. The van der Waals surface area contributed by atoms with Gasteiger partial charge in [-0.15, -0.1) is 0 Å². The minimum Gasteiger partial charge on any atom is -0.357 e. The van der Waals surface area contributed by atoms with Gasteiger partial charge in [-0.05, 0) is 61.8 Å². The van der Waals surface area contributed by atoms with Crippen LogP contribution >= 0.6 is 11.8 Å². The number of nitrogens with one attached hydrogen (secondary N) is 1. The quantitative estimate of drug-likeness (QED) is 0.547. The lowest BCUT2D eigenvalue weighted by atomic mass is 9.87. The van der Waals surface area contributed by atoms with Crippen LogP contribution in [0.15, 0.2) is 47.6 Å². The van der Waals surface area contributed by atoms with Crippen LogP contribution in [0.3, 0.4) is 0 Å². The van der Waals surface area contributed by atoms with Crippen LogP contribution in [0.5, 0.6) is 0 Å². The Bertz CT molecular complexity index is 1080. The number of hydrogen-bond donors (Lipinski definition) is 1. The summed E-state index contributed by atoms with van der Waals surface area (Å²) in [6.07, 6.45) is -0.147. The van der Waals surface area contributed by atoms with E-state index in [1.165, 1.54) is 23.9 Å². The van der Waals surface area contributed by atoms with E-state index in [9.17, 15) is 22.8 Å². The third-order valence-corrected chi connectivity index (χ3v) is 7.99. The van der Waals surface area contributed by atoms with Gasteiger partial charge in [0.15, 0.2) is 0 Å². The smallest absolute Gasteiger partial charge is 0.357 e. The van der Waals surface area contributed by atoms with Crippen LogP contribution in [0.25, 0.3) is 0 Å². The third kappa shape index (κ3) is 5.24. The maximum atomic E-state index is 13.4. The van der Waals surface area contributed by atoms with Crippen LogP contribution in [0.1, 0.15) is 67.1 Å². The van der Waals surface area contributed by atoms with Gasteiger partial charge in [0.25, 0.3) is 11.8 Å². The molecular formula is C25H28F3N3O2S. The van der Waals surface area contributed by atoms with Crippen LogP contribution < -0.4 is 0 Å². The van der Waals surface area contributed by atoms with Gasteiger partial charge in [0, 0.05) is 25.7 Å². The van der Waals surface area contributed by atoms with Crippen molar-refractivity contribution in [3.8, 4) is 0 Å². The fraction of sp³-hybridized carbons (Fsp3) is 0.480. The molecule has 5 nitrogen and oxygen atoms in total. The lowest BCUT2D eigenvalue weighted by Gasteiger charge is -2.34. The van der Waals surface area contributed by atoms with E-state index >= 15 is 0 Å². The number of amides is 2. The molecule has 0 bridgehead atoms. The standard InChI is InChI=1S/C25H28F3N3O2S/c1-16(18-6-3-4-7-19(18)25(26,27)28)14-21-30-23(33)24(2,34-21)15-17-9-12-31(13-10-17)22(32)20-8-5-11-29-20/h3-8,11,16-17,29H,9-10,12-15H2,1-2H3/t16-,24?/m1/s1. The SMILES string of the molecule is C[C@H](CC1=NC(=O)C(C)(CC2CCN(C(=O)c3ccc[nH]3)CC2)S1)c1ccccc1C(F)(F)F. The molecular weight excluding hydrogens is 463 g/mol. The summed E-state index contributed by atoms with van der Waals surface area (Å²) in [7, 11) is 0. The molecule has 1 aromatic heterocycles. The fourth-order valence-corrected chi connectivity index (χ4v) is 6.29. The zero-order chi connectivity index (χ0) is 24.5. The molecule has 2 aliphatic heterocycles. The second-order valence-electron chi connectivity index (χ2n) is 9.36. The summed E-state index contributed by atoms with van der Waals surface area (Å²) in [6.45, 7) is 4.89. The number of likely N-dealkylation sites (tertiary alicyclic amines) is 1. The van der Waals surface area contributed by atoms with E-state index in [-0.39, 0.29) is 23.3 Å². The largest absolute Gasteiger partial charge is 0.416 e. The fourth-order valence-electron chi connectivity index (χ4n) is 4.86. The molecule has 2 atom stereocenters. The molecule has 1 fully saturated rings. The second-order valence-corrected chi connectivity index (χ2v) is 10.9. The number of benzene rings is 1. The average molecular weight is 492 g/mol. The van der Waals surface area contributed by atoms with E-state index in [4.69, 9.17) is 0 Å². The number of aromatic nitrogens is 1. The molecule has 1 aromatic carbocycles. The molecule has 9 heteroatoms. The minimum absolute atomic E-state index is 0.0141. The van der Waals surface area contributed by atoms with E-state index < -0.39 is 22.4 Å². The Labute approximate surface area is 201 Å². The molecule has 2 aromatic rings. The molecule has 4 rings (SSSR count). The number of hydrogen-bond acceptors (Lipinski definition) is 3. The summed E-state index contributed by atoms with van der Waals surface area (Å²) in [5, 5.41) is 0.594. The van der Waals surface area contributed by atoms with Crippen LogP contribution in [0.4, 0.5) is 13.2 Å². The first-order valence-electron chi connectivity index (χ1n) is 11.5. The van der Waals surface area contributed by atoms with Gasteiger partial charge < -0.3 is 9.88 Å². The molecule has 0 aliphatic carbocycles. The normalized spacial score (nSPS) is 22.7. The van der Waals surface area contributed by atoms with E-state index in [1.807, 2.05) is 11.8 Å². The third-order valence-electron chi connectivity index (χ3n) is 6.71. The van der Waals surface area contributed by atoms with Gasteiger partial charge in [0.1, 0.15) is 10.4 Å². The topological polar surface area (TPSA) is 65.5 Å². The van der Waals surface area contributed by atoms with Crippen LogP contribution in [-0.2, 0) is 11.0 Å². The number of thioether (sulfide) groups is 1. The number of rotatable bonds is 6. The molecule has 1 unspecified atom stereocenters. The predicted molar refractivity (Wildman–Crippen MR) is 127 cm³/mol. The maximum absolute atomic E-state index is 13.4. The molecule has 1 saturated heterocycles. The van der Waals surface area contributed by atoms with Crippen molar-refractivity contribution in [2.45, 2.75) is 56.4 Å². The Balaban J connectivity index is 1.34. The summed E-state index contributed by atoms with van der Waals surface area (Å²) in [6, 6.07) is 9.14. The number of carbonyl (C=O) groups excluding carboxylic acids is 2. The summed E-state index contributed by atoms with van der Waals surface area (Å²) in [5.74, 6) is -0.359. The summed E-state index contributed by atoms with van der Waals surface area (Å²) in [4.78, 5) is 34.3. The highest BCUT2D eigenvalue weighted by Crippen LogP contribution is 2.44. The summed E-state index contributed by atoms with van der Waals surface area (Å²) >= 11 is 1.39. The lowest BCUT2D eigenvalue weighted by Crippen LogP contribution is -2.41. The first kappa shape index (κ1) is 24.6. The van der Waals surface area contributed by atoms with Crippen molar-refractivity contribution in [2.24, 2.45) is 10.9 Å². The van der Waals surface area contributed by atoms with Crippen LogP contribution in [0.2, 0.25) is 0 Å². The van der Waals surface area contributed by atoms with Crippen molar-refractivity contribution < 1.29 is 22.8 Å². The molecule has 2 aliphatic rings. The highest BCUT2D eigenvalue weighted by molar-refractivity contribution is 8.16. The first-order valence-corrected chi connectivity index (χ1v) is 12.3. The molecule has 182 valence electrons. The number of H-pyrrole nitrogens is 1. The van der Waals surface area contributed by atoms with Gasteiger partial charge >= 0.3 is 6.18 Å². The summed E-state index contributed by atoms with van der Waals surface area (Å²) < 4.78 is 39.5. The van der Waals surface area contributed by atoms with Crippen LogP contribution in [-0.4, -0.2) is 44.6 Å². The predicted octanol–water partition coefficient (Wildman–Crippen LogP) is 5.90. The number of piperidine rings is 1. The minimum atomic E-state index is -4.42. The number of carbonyl (C=O) groups is 2. The van der Waals surface area contributed by atoms with Crippen molar-refractivity contribution in [2.75, 3.05) is 13.1 Å². The molecule has 0 saturated carbocycles. The average Bonchev–Trinajstić information content (AvgIpc) is 3.42. The second kappa shape index (κ2) is 9.60. The molecule has 0 radical (unpaired) electrons. The number of alkyl halides is 3. The van der Waals surface area contributed by atoms with Gasteiger partial charge in [-0.2, -0.15) is 13.2 Å². The van der Waals surface area contributed by atoms with E-state index in [1.54, 1.807) is 31.3 Å².